The second-order valence-corrected chi connectivity index (χ2v) is 6.29. The van der Waals surface area contributed by atoms with Crippen molar-refractivity contribution in [2.45, 2.75) is 46.6 Å². The fraction of sp³-hybridized carbons (Fsp3) is 0.917. The molecule has 0 fully saturated rings. The molecule has 2 N–H and O–H groups in total. The highest BCUT2D eigenvalue weighted by Gasteiger charge is 2.39. The average Bonchev–Trinajstić information content (AvgIpc) is 2.38. The molecule has 0 atom stereocenters. The van der Waals surface area contributed by atoms with Crippen molar-refractivity contribution in [3.63, 3.8) is 0 Å². The van der Waals surface area contributed by atoms with Crippen LogP contribution in [-0.4, -0.2) is 51.4 Å². The van der Waals surface area contributed by atoms with Crippen LogP contribution in [0.25, 0.3) is 0 Å². The molecule has 6 nitrogen and oxygen atoms in total. The number of carboxylic acid groups (broad SMARTS) is 1. The summed E-state index contributed by atoms with van der Waals surface area (Å²) in [5, 5.41) is 16.5. The zero-order valence-electron chi connectivity index (χ0n) is 12.5. The van der Waals surface area contributed by atoms with Crippen molar-refractivity contribution >= 4 is 14.8 Å². The maximum atomic E-state index is 9.37. The summed E-state index contributed by atoms with van der Waals surface area (Å²) in [7, 11) is -2.48. The summed E-state index contributed by atoms with van der Waals surface area (Å²) in [4.78, 5) is 9.37. The second-order valence-electron chi connectivity index (χ2n) is 3.56. The Morgan fingerprint density at radius 3 is 1.58 bits per heavy atom. The summed E-state index contributed by atoms with van der Waals surface area (Å²) >= 11 is 0. The first kappa shape index (κ1) is 20.8. The van der Waals surface area contributed by atoms with Crippen LogP contribution in [0.3, 0.4) is 0 Å². The predicted octanol–water partition coefficient (Wildman–Crippen LogP) is 1.90. The normalized spacial score (nSPS) is 10.8. The van der Waals surface area contributed by atoms with Gasteiger partial charge in [0.05, 0.1) is 0 Å². The largest absolute Gasteiger partial charge is 0.501 e. The number of hydrogen-bond donors (Lipinski definition) is 2. The standard InChI is InChI=1S/C9H22O4Si.C3H6O2/c1-4-11-14(12-5-2,13-6-3)9-7-8-10;1-2-3(4)5/h10H,4-9H2,1-3H3;2H2,1H3,(H,4,5). The lowest BCUT2D eigenvalue weighted by molar-refractivity contribution is -0.136. The van der Waals surface area contributed by atoms with Gasteiger partial charge < -0.3 is 23.5 Å². The van der Waals surface area contributed by atoms with Crippen LogP contribution in [0.15, 0.2) is 0 Å². The zero-order chi connectivity index (χ0) is 15.1. The molecule has 0 aliphatic heterocycles. The molecule has 0 saturated heterocycles. The molecule has 0 aliphatic rings. The van der Waals surface area contributed by atoms with Gasteiger partial charge in [0.25, 0.3) is 0 Å². The van der Waals surface area contributed by atoms with Crippen molar-refractivity contribution in [2.75, 3.05) is 26.4 Å². The Kier molecular flexibility index (Phi) is 15.3. The minimum atomic E-state index is -2.48. The van der Waals surface area contributed by atoms with Crippen molar-refractivity contribution in [2.24, 2.45) is 0 Å². The molecule has 0 aliphatic carbocycles. The molecule has 19 heavy (non-hydrogen) atoms. The molecule has 0 rings (SSSR count). The van der Waals surface area contributed by atoms with Crippen LogP contribution in [0.2, 0.25) is 6.04 Å². The molecule has 0 amide bonds. The number of rotatable bonds is 10. The first-order valence-electron chi connectivity index (χ1n) is 6.76. The molecule has 0 aromatic rings. The van der Waals surface area contributed by atoms with Crippen LogP contribution < -0.4 is 0 Å². The quantitative estimate of drug-likeness (QED) is 0.599. The van der Waals surface area contributed by atoms with Gasteiger partial charge in [0, 0.05) is 38.9 Å². The fourth-order valence-electron chi connectivity index (χ4n) is 1.30. The van der Waals surface area contributed by atoms with Gasteiger partial charge in [-0.05, 0) is 27.2 Å². The summed E-state index contributed by atoms with van der Waals surface area (Å²) < 4.78 is 16.8. The van der Waals surface area contributed by atoms with Gasteiger partial charge in [0.2, 0.25) is 0 Å². The summed E-state index contributed by atoms with van der Waals surface area (Å²) in [6.07, 6.45) is 0.895. The zero-order valence-corrected chi connectivity index (χ0v) is 13.5. The lowest BCUT2D eigenvalue weighted by atomic mass is 10.5. The van der Waals surface area contributed by atoms with E-state index in [2.05, 4.69) is 0 Å². The van der Waals surface area contributed by atoms with Crippen LogP contribution in [-0.2, 0) is 18.1 Å². The van der Waals surface area contributed by atoms with Gasteiger partial charge in [0.1, 0.15) is 0 Å². The van der Waals surface area contributed by atoms with Crippen LogP contribution in [0, 0.1) is 0 Å². The molecular weight excluding hydrogens is 268 g/mol. The fourth-order valence-corrected chi connectivity index (χ4v) is 3.89. The van der Waals surface area contributed by atoms with Gasteiger partial charge >= 0.3 is 14.8 Å². The van der Waals surface area contributed by atoms with Crippen molar-refractivity contribution in [3.8, 4) is 0 Å². The van der Waals surface area contributed by atoms with E-state index in [-0.39, 0.29) is 13.0 Å². The van der Waals surface area contributed by atoms with Crippen molar-refractivity contribution in [1.82, 2.24) is 0 Å². The number of carbonyl (C=O) groups is 1. The molecule has 7 heteroatoms. The minimum Gasteiger partial charge on any atom is -0.481 e. The second kappa shape index (κ2) is 13.9. The lowest BCUT2D eigenvalue weighted by Gasteiger charge is -2.28. The number of hydrogen-bond acceptors (Lipinski definition) is 5. The molecule has 0 heterocycles. The first-order chi connectivity index (χ1) is 9.01. The lowest BCUT2D eigenvalue weighted by Crippen LogP contribution is -2.46. The summed E-state index contributed by atoms with van der Waals surface area (Å²) in [6, 6.07) is 0.693. The highest BCUT2D eigenvalue weighted by Crippen LogP contribution is 2.17. The molecule has 0 bridgehead atoms. The van der Waals surface area contributed by atoms with Crippen molar-refractivity contribution in [3.05, 3.63) is 0 Å². The average molecular weight is 296 g/mol. The van der Waals surface area contributed by atoms with Gasteiger partial charge in [-0.2, -0.15) is 0 Å². The third kappa shape index (κ3) is 12.3. The Morgan fingerprint density at radius 2 is 1.37 bits per heavy atom. The molecule has 0 aromatic carbocycles. The van der Waals surface area contributed by atoms with Crippen molar-refractivity contribution in [1.29, 1.82) is 0 Å². The molecule has 116 valence electrons. The monoisotopic (exact) mass is 296 g/mol. The highest BCUT2D eigenvalue weighted by atomic mass is 28.4. The van der Waals surface area contributed by atoms with E-state index in [0.717, 1.165) is 0 Å². The van der Waals surface area contributed by atoms with E-state index in [9.17, 15) is 4.79 Å². The molecule has 0 spiro atoms. The Morgan fingerprint density at radius 1 is 1.00 bits per heavy atom. The Balaban J connectivity index is 0. The molecule has 0 aromatic heterocycles. The van der Waals surface area contributed by atoms with Crippen LogP contribution >= 0.6 is 0 Å². The van der Waals surface area contributed by atoms with E-state index in [1.807, 2.05) is 20.8 Å². The third-order valence-electron chi connectivity index (χ3n) is 2.04. The molecular formula is C12H28O6Si. The van der Waals surface area contributed by atoms with E-state index in [1.54, 1.807) is 6.92 Å². The number of aliphatic hydroxyl groups is 1. The van der Waals surface area contributed by atoms with Crippen LogP contribution in [0.1, 0.15) is 40.5 Å². The minimum absolute atomic E-state index is 0.155. The number of carboxylic acids is 1. The summed E-state index contributed by atoms with van der Waals surface area (Å²) in [5.41, 5.74) is 0. The van der Waals surface area contributed by atoms with Gasteiger partial charge in [-0.3, -0.25) is 4.79 Å². The Hall–Kier alpha value is -0.473. The number of aliphatic hydroxyl groups excluding tert-OH is 1. The van der Waals surface area contributed by atoms with Gasteiger partial charge in [-0.25, -0.2) is 0 Å². The van der Waals surface area contributed by atoms with Crippen LogP contribution in [0.4, 0.5) is 0 Å². The SMILES string of the molecule is CCC(=O)O.CCO[Si](CCCO)(OCC)OCC. The van der Waals surface area contributed by atoms with E-state index in [0.29, 0.717) is 32.3 Å². The maximum Gasteiger partial charge on any atom is 0.501 e. The highest BCUT2D eigenvalue weighted by molar-refractivity contribution is 6.60. The van der Waals surface area contributed by atoms with Crippen molar-refractivity contribution < 1.29 is 28.3 Å². The predicted molar refractivity (Wildman–Crippen MR) is 75.1 cm³/mol. The van der Waals surface area contributed by atoms with Crippen LogP contribution in [0.5, 0.6) is 0 Å². The third-order valence-corrected chi connectivity index (χ3v) is 5.19. The Labute approximate surface area is 117 Å². The number of aliphatic carboxylic acids is 1. The topological polar surface area (TPSA) is 85.2 Å². The molecule has 0 saturated carbocycles. The first-order valence-corrected chi connectivity index (χ1v) is 8.69. The van der Waals surface area contributed by atoms with Gasteiger partial charge in [-0.1, -0.05) is 6.92 Å². The maximum absolute atomic E-state index is 9.37. The van der Waals surface area contributed by atoms with E-state index < -0.39 is 14.8 Å². The smallest absolute Gasteiger partial charge is 0.481 e. The van der Waals surface area contributed by atoms with E-state index >= 15 is 0 Å². The van der Waals surface area contributed by atoms with E-state index in [1.165, 1.54) is 0 Å². The van der Waals surface area contributed by atoms with Gasteiger partial charge in [-0.15, -0.1) is 0 Å². The molecule has 0 unspecified atom stereocenters. The van der Waals surface area contributed by atoms with Gasteiger partial charge in [0.15, 0.2) is 0 Å². The molecule has 0 radical (unpaired) electrons. The summed E-state index contributed by atoms with van der Waals surface area (Å²) in [5.74, 6) is -0.745. The summed E-state index contributed by atoms with van der Waals surface area (Å²) in [6.45, 7) is 9.33. The Bertz CT molecular complexity index is 195. The van der Waals surface area contributed by atoms with E-state index in [4.69, 9.17) is 23.5 Å².